The molecule has 0 N–H and O–H groups in total. The van der Waals surface area contributed by atoms with E-state index in [1.165, 1.54) is 11.1 Å². The fourth-order valence-electron chi connectivity index (χ4n) is 2.03. The highest BCUT2D eigenvalue weighted by atomic mass is 32.1. The Kier molecular flexibility index (Phi) is 4.18. The van der Waals surface area contributed by atoms with E-state index in [1.54, 1.807) is 0 Å². The van der Waals surface area contributed by atoms with Crippen molar-refractivity contribution >= 4 is 12.6 Å². The molecule has 0 aliphatic carbocycles. The van der Waals surface area contributed by atoms with Crippen LogP contribution in [0, 0.1) is 11.3 Å². The summed E-state index contributed by atoms with van der Waals surface area (Å²) in [6.45, 7) is 13.1. The van der Waals surface area contributed by atoms with Crippen LogP contribution in [-0.2, 0) is 17.3 Å². The molecule has 0 aliphatic rings. The molecular formula is C16H23NS. The molecule has 0 amide bonds. The standard InChI is InChI=1S/C16H23NS/c1-15(2,3)12-9-11(7-8-17)10-13(14(12)18)16(4,5)6/h9-10,18H,7H2,1-6H3. The zero-order valence-electron chi connectivity index (χ0n) is 12.3. The second-order valence-corrected chi connectivity index (χ2v) is 7.32. The van der Waals surface area contributed by atoms with E-state index in [-0.39, 0.29) is 10.8 Å². The highest BCUT2D eigenvalue weighted by Gasteiger charge is 2.24. The Morgan fingerprint density at radius 3 is 1.67 bits per heavy atom. The van der Waals surface area contributed by atoms with Crippen LogP contribution < -0.4 is 0 Å². The molecule has 1 rings (SSSR count). The van der Waals surface area contributed by atoms with E-state index in [1.807, 2.05) is 0 Å². The molecule has 0 heterocycles. The minimum atomic E-state index is 0.0442. The largest absolute Gasteiger partial charge is 0.198 e. The lowest BCUT2D eigenvalue weighted by Gasteiger charge is -2.29. The predicted molar refractivity (Wildman–Crippen MR) is 80.4 cm³/mol. The van der Waals surface area contributed by atoms with E-state index in [4.69, 9.17) is 17.9 Å². The molecule has 98 valence electrons. The summed E-state index contributed by atoms with van der Waals surface area (Å²) in [5.74, 6) is 0. The van der Waals surface area contributed by atoms with Gasteiger partial charge in [0.15, 0.2) is 0 Å². The van der Waals surface area contributed by atoms with Gasteiger partial charge >= 0.3 is 0 Å². The van der Waals surface area contributed by atoms with Gasteiger partial charge in [0.25, 0.3) is 0 Å². The first kappa shape index (κ1) is 15.1. The molecule has 0 unspecified atom stereocenters. The molecule has 0 aromatic heterocycles. The smallest absolute Gasteiger partial charge is 0.0669 e. The highest BCUT2D eigenvalue weighted by molar-refractivity contribution is 7.80. The van der Waals surface area contributed by atoms with Crippen LogP contribution in [0.2, 0.25) is 0 Å². The number of benzene rings is 1. The Labute approximate surface area is 117 Å². The number of nitriles is 1. The minimum Gasteiger partial charge on any atom is -0.198 e. The van der Waals surface area contributed by atoms with Crippen molar-refractivity contribution in [1.29, 1.82) is 5.26 Å². The van der Waals surface area contributed by atoms with Gasteiger partial charge in [0, 0.05) is 4.90 Å². The molecule has 0 spiro atoms. The van der Waals surface area contributed by atoms with Crippen LogP contribution in [0.3, 0.4) is 0 Å². The summed E-state index contributed by atoms with van der Waals surface area (Å²) in [6.07, 6.45) is 0.459. The molecule has 0 aliphatic heterocycles. The van der Waals surface area contributed by atoms with Crippen molar-refractivity contribution in [2.75, 3.05) is 0 Å². The van der Waals surface area contributed by atoms with Crippen molar-refractivity contribution < 1.29 is 0 Å². The first-order chi connectivity index (χ1) is 8.07. The van der Waals surface area contributed by atoms with E-state index in [9.17, 15) is 0 Å². The average molecular weight is 261 g/mol. The third-order valence-corrected chi connectivity index (χ3v) is 3.55. The summed E-state index contributed by atoms with van der Waals surface area (Å²) >= 11 is 4.73. The number of hydrogen-bond donors (Lipinski definition) is 1. The van der Waals surface area contributed by atoms with E-state index < -0.39 is 0 Å². The lowest BCUT2D eigenvalue weighted by molar-refractivity contribution is 0.545. The van der Waals surface area contributed by atoms with E-state index >= 15 is 0 Å². The maximum Gasteiger partial charge on any atom is 0.0669 e. The monoisotopic (exact) mass is 261 g/mol. The maximum absolute atomic E-state index is 8.91. The van der Waals surface area contributed by atoms with Crippen LogP contribution in [0.15, 0.2) is 17.0 Å². The first-order valence-corrected chi connectivity index (χ1v) is 6.76. The summed E-state index contributed by atoms with van der Waals surface area (Å²) in [7, 11) is 0. The second-order valence-electron chi connectivity index (χ2n) is 6.87. The van der Waals surface area contributed by atoms with Gasteiger partial charge in [-0.3, -0.25) is 0 Å². The third-order valence-electron chi connectivity index (χ3n) is 3.07. The Morgan fingerprint density at radius 2 is 1.39 bits per heavy atom. The zero-order chi connectivity index (χ0) is 14.1. The van der Waals surface area contributed by atoms with Crippen molar-refractivity contribution in [1.82, 2.24) is 0 Å². The van der Waals surface area contributed by atoms with Crippen LogP contribution >= 0.6 is 12.6 Å². The number of thiol groups is 1. The molecule has 0 saturated carbocycles. The molecular weight excluding hydrogens is 238 g/mol. The van der Waals surface area contributed by atoms with Gasteiger partial charge in [0.1, 0.15) is 0 Å². The Morgan fingerprint density at radius 1 is 1.00 bits per heavy atom. The van der Waals surface area contributed by atoms with Crippen LogP contribution in [0.1, 0.15) is 58.2 Å². The van der Waals surface area contributed by atoms with Gasteiger partial charge in [-0.05, 0) is 27.5 Å². The van der Waals surface area contributed by atoms with Crippen molar-refractivity contribution in [3.8, 4) is 6.07 Å². The SMILES string of the molecule is CC(C)(C)c1cc(CC#N)cc(C(C)(C)C)c1S. The van der Waals surface area contributed by atoms with Gasteiger partial charge in [0.2, 0.25) is 0 Å². The average Bonchev–Trinajstić information content (AvgIpc) is 2.17. The van der Waals surface area contributed by atoms with Gasteiger partial charge in [-0.15, -0.1) is 12.6 Å². The Hall–Kier alpha value is -0.940. The van der Waals surface area contributed by atoms with Gasteiger partial charge in [-0.25, -0.2) is 0 Å². The van der Waals surface area contributed by atoms with Crippen LogP contribution in [0.4, 0.5) is 0 Å². The third kappa shape index (κ3) is 3.29. The van der Waals surface area contributed by atoms with Crippen molar-refractivity contribution in [2.24, 2.45) is 0 Å². The minimum absolute atomic E-state index is 0.0442. The lowest BCUT2D eigenvalue weighted by Crippen LogP contribution is -2.19. The molecule has 0 bridgehead atoms. The van der Waals surface area contributed by atoms with Crippen LogP contribution in [-0.4, -0.2) is 0 Å². The Bertz CT molecular complexity index is 446. The fourth-order valence-corrected chi connectivity index (χ4v) is 2.83. The molecule has 1 aromatic rings. The van der Waals surface area contributed by atoms with Gasteiger partial charge in [-0.1, -0.05) is 53.7 Å². The van der Waals surface area contributed by atoms with Crippen molar-refractivity contribution in [2.45, 2.75) is 63.7 Å². The van der Waals surface area contributed by atoms with Crippen LogP contribution in [0.25, 0.3) is 0 Å². The van der Waals surface area contributed by atoms with E-state index in [0.29, 0.717) is 6.42 Å². The molecule has 0 radical (unpaired) electrons. The summed E-state index contributed by atoms with van der Waals surface area (Å²) in [4.78, 5) is 1.07. The Balaban J connectivity index is 3.55. The predicted octanol–water partition coefficient (Wildman–Crippen LogP) is 4.64. The summed E-state index contributed by atoms with van der Waals surface area (Å²) in [6, 6.07) is 6.49. The summed E-state index contributed by atoms with van der Waals surface area (Å²) in [5.41, 5.74) is 3.63. The summed E-state index contributed by atoms with van der Waals surface area (Å²) < 4.78 is 0. The number of nitrogens with zero attached hydrogens (tertiary/aromatic N) is 1. The van der Waals surface area contributed by atoms with Gasteiger partial charge < -0.3 is 0 Å². The normalized spacial score (nSPS) is 12.3. The number of hydrogen-bond acceptors (Lipinski definition) is 2. The van der Waals surface area contributed by atoms with E-state index in [2.05, 4.69) is 59.7 Å². The van der Waals surface area contributed by atoms with Crippen molar-refractivity contribution in [3.05, 3.63) is 28.8 Å². The highest BCUT2D eigenvalue weighted by Crippen LogP contribution is 2.37. The first-order valence-electron chi connectivity index (χ1n) is 6.31. The van der Waals surface area contributed by atoms with Crippen molar-refractivity contribution in [3.63, 3.8) is 0 Å². The molecule has 1 nitrogen and oxygen atoms in total. The summed E-state index contributed by atoms with van der Waals surface area (Å²) in [5, 5.41) is 8.91. The lowest BCUT2D eigenvalue weighted by atomic mass is 9.79. The topological polar surface area (TPSA) is 23.8 Å². The molecule has 1 aromatic carbocycles. The quantitative estimate of drug-likeness (QED) is 0.732. The zero-order valence-corrected chi connectivity index (χ0v) is 13.2. The molecule has 18 heavy (non-hydrogen) atoms. The molecule has 2 heteroatoms. The van der Waals surface area contributed by atoms with E-state index in [0.717, 1.165) is 10.5 Å². The maximum atomic E-state index is 8.91. The van der Waals surface area contributed by atoms with Crippen LogP contribution in [0.5, 0.6) is 0 Å². The molecule has 0 fully saturated rings. The fraction of sp³-hybridized carbons (Fsp3) is 0.562. The van der Waals surface area contributed by atoms with Gasteiger partial charge in [-0.2, -0.15) is 5.26 Å². The number of rotatable bonds is 1. The molecule has 0 atom stereocenters. The van der Waals surface area contributed by atoms with Gasteiger partial charge in [0.05, 0.1) is 12.5 Å². The molecule has 0 saturated heterocycles. The second kappa shape index (κ2) is 4.97.